The molecule has 28 heavy (non-hydrogen) atoms. The van der Waals surface area contributed by atoms with Gasteiger partial charge in [-0.25, -0.2) is 0 Å². The molecule has 0 amide bonds. The van der Waals surface area contributed by atoms with Crippen molar-refractivity contribution in [2.75, 3.05) is 6.61 Å². The average Bonchev–Trinajstić information content (AvgIpc) is 2.97. The molecule has 0 unspecified atom stereocenters. The third-order valence-electron chi connectivity index (χ3n) is 5.36. The molecule has 0 aromatic heterocycles. The summed E-state index contributed by atoms with van der Waals surface area (Å²) in [6.07, 6.45) is 8.01. The highest BCUT2D eigenvalue weighted by atomic mass is 79.9. The van der Waals surface area contributed by atoms with Crippen LogP contribution in [0, 0.1) is 6.92 Å². The average molecular weight is 446 g/mol. The molecule has 1 N–H and O–H groups in total. The van der Waals surface area contributed by atoms with Crippen LogP contribution in [0.15, 0.2) is 40.9 Å². The highest BCUT2D eigenvalue weighted by Gasteiger charge is 2.15. The summed E-state index contributed by atoms with van der Waals surface area (Å²) < 4.78 is 13.0. The first-order valence-electron chi connectivity index (χ1n) is 10.5. The summed E-state index contributed by atoms with van der Waals surface area (Å²) in [4.78, 5) is 0. The first-order chi connectivity index (χ1) is 13.7. The van der Waals surface area contributed by atoms with Gasteiger partial charge in [-0.3, -0.25) is 0 Å². The van der Waals surface area contributed by atoms with Crippen LogP contribution in [0.25, 0.3) is 0 Å². The first-order valence-corrected chi connectivity index (χ1v) is 11.3. The monoisotopic (exact) mass is 445 g/mol. The highest BCUT2D eigenvalue weighted by Crippen LogP contribution is 2.34. The lowest BCUT2D eigenvalue weighted by Crippen LogP contribution is -2.28. The zero-order chi connectivity index (χ0) is 19.8. The lowest BCUT2D eigenvalue weighted by atomic mass is 10.1. The normalized spacial score (nSPS) is 15.2. The zero-order valence-corrected chi connectivity index (χ0v) is 18.7. The molecule has 0 bridgehead atoms. The van der Waals surface area contributed by atoms with Gasteiger partial charge in [0.1, 0.15) is 6.61 Å². The Morgan fingerprint density at radius 2 is 1.64 bits per heavy atom. The minimum absolute atomic E-state index is 0.534. The van der Waals surface area contributed by atoms with E-state index in [1.54, 1.807) is 0 Å². The molecular weight excluding hydrogens is 414 g/mol. The lowest BCUT2D eigenvalue weighted by Gasteiger charge is -2.19. The van der Waals surface area contributed by atoms with E-state index >= 15 is 0 Å². The third-order valence-corrected chi connectivity index (χ3v) is 6.10. The second-order valence-electron chi connectivity index (χ2n) is 7.67. The van der Waals surface area contributed by atoms with Gasteiger partial charge in [0.15, 0.2) is 11.5 Å². The number of hydrogen-bond acceptors (Lipinski definition) is 3. The lowest BCUT2D eigenvalue weighted by molar-refractivity contribution is 0.268. The van der Waals surface area contributed by atoms with Gasteiger partial charge >= 0.3 is 0 Å². The predicted molar refractivity (Wildman–Crippen MR) is 119 cm³/mol. The van der Waals surface area contributed by atoms with Crippen molar-refractivity contribution in [2.24, 2.45) is 0 Å². The van der Waals surface area contributed by atoms with Gasteiger partial charge in [-0.1, -0.05) is 71.4 Å². The number of halogens is 1. The predicted octanol–water partition coefficient (Wildman–Crippen LogP) is 6.55. The summed E-state index contributed by atoms with van der Waals surface area (Å²) in [5, 5.41) is 3.74. The Labute approximate surface area is 178 Å². The maximum absolute atomic E-state index is 6.09. The van der Waals surface area contributed by atoms with Crippen LogP contribution in [0.4, 0.5) is 0 Å². The van der Waals surface area contributed by atoms with E-state index in [1.807, 2.05) is 13.0 Å². The van der Waals surface area contributed by atoms with E-state index in [9.17, 15) is 0 Å². The van der Waals surface area contributed by atoms with Crippen molar-refractivity contribution < 1.29 is 9.47 Å². The van der Waals surface area contributed by atoms with Gasteiger partial charge < -0.3 is 14.8 Å². The fourth-order valence-corrected chi connectivity index (χ4v) is 4.14. The van der Waals surface area contributed by atoms with Crippen LogP contribution >= 0.6 is 15.9 Å². The van der Waals surface area contributed by atoms with E-state index in [4.69, 9.17) is 9.47 Å². The molecule has 3 nitrogen and oxygen atoms in total. The van der Waals surface area contributed by atoms with Crippen LogP contribution in [0.5, 0.6) is 11.5 Å². The van der Waals surface area contributed by atoms with Crippen LogP contribution in [0.2, 0.25) is 0 Å². The molecule has 0 heterocycles. The molecule has 0 atom stereocenters. The van der Waals surface area contributed by atoms with Gasteiger partial charge in [-0.15, -0.1) is 0 Å². The van der Waals surface area contributed by atoms with E-state index in [0.717, 1.165) is 28.1 Å². The van der Waals surface area contributed by atoms with Gasteiger partial charge in [-0.2, -0.15) is 0 Å². The number of rotatable bonds is 8. The van der Waals surface area contributed by atoms with E-state index < -0.39 is 0 Å². The Bertz CT molecular complexity index is 737. The molecule has 3 rings (SSSR count). The molecular formula is C24H32BrNO2. The topological polar surface area (TPSA) is 30.5 Å². The summed E-state index contributed by atoms with van der Waals surface area (Å²) in [6.45, 7) is 6.11. The largest absolute Gasteiger partial charge is 0.490 e. The highest BCUT2D eigenvalue weighted by molar-refractivity contribution is 9.10. The van der Waals surface area contributed by atoms with Gasteiger partial charge in [-0.05, 0) is 49.9 Å². The molecule has 1 aliphatic rings. The number of hydrogen-bond donors (Lipinski definition) is 1. The minimum Gasteiger partial charge on any atom is -0.490 e. The standard InChI is InChI=1S/C24H32BrNO2/c1-3-27-23-14-20(16-26-21-8-6-4-5-7-9-21)22(25)15-24(23)28-17-19-12-10-18(2)11-13-19/h10-15,21,26H,3-9,16-17H2,1-2H3. The molecule has 1 saturated carbocycles. The second-order valence-corrected chi connectivity index (χ2v) is 8.52. The Balaban J connectivity index is 1.67. The summed E-state index contributed by atoms with van der Waals surface area (Å²) >= 11 is 3.73. The van der Waals surface area contributed by atoms with Gasteiger partial charge in [0.05, 0.1) is 6.61 Å². The van der Waals surface area contributed by atoms with Crippen molar-refractivity contribution >= 4 is 15.9 Å². The van der Waals surface area contributed by atoms with Crippen molar-refractivity contribution in [3.8, 4) is 11.5 Å². The Morgan fingerprint density at radius 1 is 0.964 bits per heavy atom. The molecule has 152 valence electrons. The minimum atomic E-state index is 0.534. The fraction of sp³-hybridized carbons (Fsp3) is 0.500. The van der Waals surface area contributed by atoms with E-state index in [1.165, 1.54) is 49.7 Å². The van der Waals surface area contributed by atoms with Crippen molar-refractivity contribution in [3.63, 3.8) is 0 Å². The molecule has 2 aromatic carbocycles. The Kier molecular flexibility index (Phi) is 8.23. The molecule has 2 aromatic rings. The van der Waals surface area contributed by atoms with Gasteiger partial charge in [0, 0.05) is 17.1 Å². The molecule has 4 heteroatoms. The number of aryl methyl sites for hydroxylation is 1. The quantitative estimate of drug-likeness (QED) is 0.467. The van der Waals surface area contributed by atoms with Gasteiger partial charge in [0.25, 0.3) is 0 Å². The van der Waals surface area contributed by atoms with Gasteiger partial charge in [0.2, 0.25) is 0 Å². The maximum atomic E-state index is 6.09. The smallest absolute Gasteiger partial charge is 0.162 e. The van der Waals surface area contributed by atoms with Crippen molar-refractivity contribution in [1.29, 1.82) is 0 Å². The van der Waals surface area contributed by atoms with Crippen LogP contribution in [-0.2, 0) is 13.2 Å². The van der Waals surface area contributed by atoms with E-state index in [2.05, 4.69) is 58.5 Å². The van der Waals surface area contributed by atoms with Crippen LogP contribution < -0.4 is 14.8 Å². The van der Waals surface area contributed by atoms with Crippen LogP contribution in [-0.4, -0.2) is 12.6 Å². The number of nitrogens with one attached hydrogen (secondary N) is 1. The summed E-state index contributed by atoms with van der Waals surface area (Å²) in [5.41, 5.74) is 3.63. The number of ether oxygens (including phenoxy) is 2. The Morgan fingerprint density at radius 3 is 2.32 bits per heavy atom. The molecule has 0 aliphatic heterocycles. The molecule has 0 saturated heterocycles. The number of benzene rings is 2. The summed E-state index contributed by atoms with van der Waals surface area (Å²) in [6, 6.07) is 13.2. The molecule has 0 spiro atoms. The maximum Gasteiger partial charge on any atom is 0.162 e. The summed E-state index contributed by atoms with van der Waals surface area (Å²) in [5.74, 6) is 1.60. The van der Waals surface area contributed by atoms with Crippen molar-refractivity contribution in [2.45, 2.75) is 71.6 Å². The van der Waals surface area contributed by atoms with Crippen molar-refractivity contribution in [3.05, 3.63) is 57.6 Å². The van der Waals surface area contributed by atoms with E-state index in [0.29, 0.717) is 19.3 Å². The van der Waals surface area contributed by atoms with Crippen LogP contribution in [0.3, 0.4) is 0 Å². The fourth-order valence-electron chi connectivity index (χ4n) is 3.68. The summed E-state index contributed by atoms with van der Waals surface area (Å²) in [7, 11) is 0. The molecule has 0 radical (unpaired) electrons. The van der Waals surface area contributed by atoms with Crippen LogP contribution in [0.1, 0.15) is 62.1 Å². The van der Waals surface area contributed by atoms with Crippen molar-refractivity contribution in [1.82, 2.24) is 5.32 Å². The first kappa shape index (κ1) is 21.2. The third kappa shape index (κ3) is 6.25. The Hall–Kier alpha value is -1.52. The zero-order valence-electron chi connectivity index (χ0n) is 17.1. The molecule has 1 fully saturated rings. The SMILES string of the molecule is CCOc1cc(CNC2CCCCCC2)c(Br)cc1OCc1ccc(C)cc1. The van der Waals surface area contributed by atoms with E-state index in [-0.39, 0.29) is 0 Å². The molecule has 1 aliphatic carbocycles. The second kappa shape index (κ2) is 10.9.